The highest BCUT2D eigenvalue weighted by Crippen LogP contribution is 2.33. The molecule has 1 aliphatic heterocycles. The Morgan fingerprint density at radius 2 is 1.74 bits per heavy atom. The minimum absolute atomic E-state index is 0.106. The second-order valence-corrected chi connectivity index (χ2v) is 6.27. The molecule has 1 heterocycles. The molecule has 2 aromatic carbocycles. The van der Waals surface area contributed by atoms with E-state index in [4.69, 9.17) is 0 Å². The predicted octanol–water partition coefficient (Wildman–Crippen LogP) is 4.37. The van der Waals surface area contributed by atoms with Crippen molar-refractivity contribution >= 4 is 34.6 Å². The zero-order valence-corrected chi connectivity index (χ0v) is 13.6. The van der Waals surface area contributed by atoms with Gasteiger partial charge in [0.2, 0.25) is 0 Å². The lowest BCUT2D eigenvalue weighted by Gasteiger charge is -2.07. The summed E-state index contributed by atoms with van der Waals surface area (Å²) < 4.78 is 13.0. The SMILES string of the molecule is Cc1ccc(N=C2S/C(=C\c3ccc(F)cc3)C(=O)N2C)cc1. The molecule has 0 radical (unpaired) electrons. The maximum atomic E-state index is 13.0. The number of rotatable bonds is 2. The van der Waals surface area contributed by atoms with Crippen LogP contribution in [0.1, 0.15) is 11.1 Å². The van der Waals surface area contributed by atoms with E-state index in [-0.39, 0.29) is 11.7 Å². The van der Waals surface area contributed by atoms with E-state index in [2.05, 4.69) is 4.99 Å². The van der Waals surface area contributed by atoms with Crippen LogP contribution in [0.15, 0.2) is 58.4 Å². The van der Waals surface area contributed by atoms with E-state index >= 15 is 0 Å². The largest absolute Gasteiger partial charge is 0.290 e. The summed E-state index contributed by atoms with van der Waals surface area (Å²) in [5.41, 5.74) is 2.75. The molecule has 23 heavy (non-hydrogen) atoms. The van der Waals surface area contributed by atoms with Gasteiger partial charge < -0.3 is 0 Å². The van der Waals surface area contributed by atoms with E-state index in [0.29, 0.717) is 10.1 Å². The van der Waals surface area contributed by atoms with Crippen LogP contribution in [0.5, 0.6) is 0 Å². The van der Waals surface area contributed by atoms with Crippen molar-refractivity contribution in [2.24, 2.45) is 4.99 Å². The third-order valence-electron chi connectivity index (χ3n) is 3.43. The van der Waals surface area contributed by atoms with Crippen molar-refractivity contribution in [3.8, 4) is 0 Å². The highest BCUT2D eigenvalue weighted by Gasteiger charge is 2.30. The highest BCUT2D eigenvalue weighted by atomic mass is 32.2. The quantitative estimate of drug-likeness (QED) is 0.768. The van der Waals surface area contributed by atoms with Crippen LogP contribution >= 0.6 is 11.8 Å². The van der Waals surface area contributed by atoms with Gasteiger partial charge in [-0.15, -0.1) is 0 Å². The lowest BCUT2D eigenvalue weighted by atomic mass is 10.2. The fourth-order valence-corrected chi connectivity index (χ4v) is 3.08. The Balaban J connectivity index is 1.87. The molecule has 5 heteroatoms. The lowest BCUT2D eigenvalue weighted by Crippen LogP contribution is -2.23. The number of benzene rings is 2. The van der Waals surface area contributed by atoms with Gasteiger partial charge in [0.15, 0.2) is 5.17 Å². The third kappa shape index (κ3) is 3.51. The first-order chi connectivity index (χ1) is 11.0. The molecular formula is C18H15FN2OS. The summed E-state index contributed by atoms with van der Waals surface area (Å²) in [7, 11) is 1.70. The molecule has 0 atom stereocenters. The van der Waals surface area contributed by atoms with E-state index in [9.17, 15) is 9.18 Å². The second kappa shape index (κ2) is 6.38. The number of nitrogens with zero attached hydrogens (tertiary/aromatic N) is 2. The number of aliphatic imine (C=N–C) groups is 1. The van der Waals surface area contributed by atoms with E-state index in [1.54, 1.807) is 25.3 Å². The number of aryl methyl sites for hydroxylation is 1. The standard InChI is InChI=1S/C18H15FN2OS/c1-12-3-9-15(10-4-12)20-18-21(2)17(22)16(23-18)11-13-5-7-14(19)8-6-13/h3-11H,1-2H3/b16-11-,20-18?. The predicted molar refractivity (Wildman–Crippen MR) is 93.0 cm³/mol. The molecule has 1 fully saturated rings. The van der Waals surface area contributed by atoms with Gasteiger partial charge in [-0.3, -0.25) is 9.69 Å². The Bertz CT molecular complexity index is 795. The van der Waals surface area contributed by atoms with Crippen LogP contribution in [0.4, 0.5) is 10.1 Å². The molecule has 1 saturated heterocycles. The van der Waals surface area contributed by atoms with Gasteiger partial charge in [0.05, 0.1) is 10.6 Å². The fourth-order valence-electron chi connectivity index (χ4n) is 2.09. The Kier molecular flexibility index (Phi) is 4.30. The highest BCUT2D eigenvalue weighted by molar-refractivity contribution is 8.18. The summed E-state index contributed by atoms with van der Waals surface area (Å²) in [4.78, 5) is 18.9. The van der Waals surface area contributed by atoms with Gasteiger partial charge in [0.1, 0.15) is 5.82 Å². The molecule has 0 bridgehead atoms. The summed E-state index contributed by atoms with van der Waals surface area (Å²) in [5.74, 6) is -0.401. The van der Waals surface area contributed by atoms with Crippen molar-refractivity contribution in [1.82, 2.24) is 4.90 Å². The van der Waals surface area contributed by atoms with Gasteiger partial charge >= 0.3 is 0 Å². The first-order valence-electron chi connectivity index (χ1n) is 7.11. The average molecular weight is 326 g/mol. The maximum Gasteiger partial charge on any atom is 0.266 e. The van der Waals surface area contributed by atoms with Gasteiger partial charge in [-0.05, 0) is 54.6 Å². The van der Waals surface area contributed by atoms with Crippen LogP contribution in [-0.2, 0) is 4.79 Å². The number of thioether (sulfide) groups is 1. The molecule has 116 valence electrons. The molecule has 1 aliphatic rings. The maximum absolute atomic E-state index is 13.0. The second-order valence-electron chi connectivity index (χ2n) is 5.26. The van der Waals surface area contributed by atoms with E-state index in [1.165, 1.54) is 28.8 Å². The van der Waals surface area contributed by atoms with Crippen LogP contribution in [-0.4, -0.2) is 23.0 Å². The van der Waals surface area contributed by atoms with Crippen molar-refractivity contribution in [3.05, 3.63) is 70.4 Å². The number of halogens is 1. The van der Waals surface area contributed by atoms with Crippen molar-refractivity contribution in [1.29, 1.82) is 0 Å². The van der Waals surface area contributed by atoms with E-state index in [1.807, 2.05) is 31.2 Å². The first-order valence-corrected chi connectivity index (χ1v) is 7.93. The van der Waals surface area contributed by atoms with E-state index < -0.39 is 0 Å². The molecule has 3 nitrogen and oxygen atoms in total. The molecule has 0 aromatic heterocycles. The molecule has 0 spiro atoms. The molecule has 0 unspecified atom stereocenters. The summed E-state index contributed by atoms with van der Waals surface area (Å²) in [6.07, 6.45) is 1.75. The fraction of sp³-hybridized carbons (Fsp3) is 0.111. The lowest BCUT2D eigenvalue weighted by molar-refractivity contribution is -0.121. The Morgan fingerprint density at radius 3 is 2.39 bits per heavy atom. The molecule has 0 N–H and O–H groups in total. The summed E-state index contributed by atoms with van der Waals surface area (Å²) in [6, 6.07) is 13.8. The van der Waals surface area contributed by atoms with Gasteiger partial charge in [-0.1, -0.05) is 29.8 Å². The summed E-state index contributed by atoms with van der Waals surface area (Å²) in [6.45, 7) is 2.01. The van der Waals surface area contributed by atoms with Crippen molar-refractivity contribution in [2.45, 2.75) is 6.92 Å². The zero-order chi connectivity index (χ0) is 16.4. The molecular weight excluding hydrogens is 311 g/mol. The normalized spacial score (nSPS) is 18.2. The Morgan fingerprint density at radius 1 is 1.09 bits per heavy atom. The number of likely N-dealkylation sites (N-methyl/N-ethyl adjacent to an activating group) is 1. The summed E-state index contributed by atoms with van der Waals surface area (Å²) in [5, 5.41) is 0.632. The average Bonchev–Trinajstić information content (AvgIpc) is 2.80. The molecule has 3 rings (SSSR count). The van der Waals surface area contributed by atoms with Gasteiger partial charge in [-0.25, -0.2) is 9.38 Å². The smallest absolute Gasteiger partial charge is 0.266 e. The van der Waals surface area contributed by atoms with Crippen LogP contribution < -0.4 is 0 Å². The third-order valence-corrected chi connectivity index (χ3v) is 4.49. The Hall–Kier alpha value is -2.40. The Labute approximate surface area is 138 Å². The molecule has 0 saturated carbocycles. The van der Waals surface area contributed by atoms with Crippen molar-refractivity contribution in [2.75, 3.05) is 7.05 Å². The van der Waals surface area contributed by atoms with Crippen LogP contribution in [0, 0.1) is 12.7 Å². The molecule has 0 aliphatic carbocycles. The van der Waals surface area contributed by atoms with Crippen molar-refractivity contribution < 1.29 is 9.18 Å². The number of amides is 1. The van der Waals surface area contributed by atoms with E-state index in [0.717, 1.165) is 16.8 Å². The van der Waals surface area contributed by atoms with Gasteiger partial charge in [-0.2, -0.15) is 0 Å². The number of amidine groups is 1. The molecule has 1 amide bonds. The zero-order valence-electron chi connectivity index (χ0n) is 12.8. The van der Waals surface area contributed by atoms with Gasteiger partial charge in [0.25, 0.3) is 5.91 Å². The minimum atomic E-state index is -0.295. The van der Waals surface area contributed by atoms with Crippen LogP contribution in [0.25, 0.3) is 6.08 Å². The number of carbonyl (C=O) groups is 1. The molecule has 2 aromatic rings. The van der Waals surface area contributed by atoms with Crippen LogP contribution in [0.2, 0.25) is 0 Å². The van der Waals surface area contributed by atoms with Gasteiger partial charge in [0, 0.05) is 7.05 Å². The summed E-state index contributed by atoms with van der Waals surface area (Å²) >= 11 is 1.32. The topological polar surface area (TPSA) is 32.7 Å². The number of hydrogen-bond acceptors (Lipinski definition) is 3. The number of carbonyl (C=O) groups excluding carboxylic acids is 1. The van der Waals surface area contributed by atoms with Crippen LogP contribution in [0.3, 0.4) is 0 Å². The first kappa shape index (κ1) is 15.5. The monoisotopic (exact) mass is 326 g/mol. The minimum Gasteiger partial charge on any atom is -0.290 e. The number of hydrogen-bond donors (Lipinski definition) is 0. The van der Waals surface area contributed by atoms with Crippen molar-refractivity contribution in [3.63, 3.8) is 0 Å².